The molecule has 0 spiro atoms. The lowest BCUT2D eigenvalue weighted by atomic mass is 9.77. The van der Waals surface area contributed by atoms with Crippen molar-refractivity contribution < 1.29 is 19.4 Å². The Morgan fingerprint density at radius 1 is 1.16 bits per heavy atom. The molecule has 0 aliphatic carbocycles. The molecular formula is C26H35NO4. The highest BCUT2D eigenvalue weighted by molar-refractivity contribution is 5.69. The van der Waals surface area contributed by atoms with Crippen LogP contribution in [0.25, 0.3) is 0 Å². The van der Waals surface area contributed by atoms with E-state index in [9.17, 15) is 9.90 Å². The van der Waals surface area contributed by atoms with Gasteiger partial charge in [-0.25, -0.2) is 0 Å². The number of piperidine rings is 1. The molecule has 1 aliphatic rings. The van der Waals surface area contributed by atoms with Crippen LogP contribution >= 0.6 is 0 Å². The number of hydrogen-bond acceptors (Lipinski definition) is 5. The summed E-state index contributed by atoms with van der Waals surface area (Å²) in [6.07, 6.45) is 3.78. The molecule has 0 radical (unpaired) electrons. The number of likely N-dealkylation sites (tertiary alicyclic amines) is 1. The molecule has 168 valence electrons. The second kappa shape index (κ2) is 11.7. The summed E-state index contributed by atoms with van der Waals surface area (Å²) < 4.78 is 10.4. The Hall–Kier alpha value is -2.63. The van der Waals surface area contributed by atoms with Gasteiger partial charge in [0.1, 0.15) is 12.0 Å². The van der Waals surface area contributed by atoms with Crippen molar-refractivity contribution in [3.63, 3.8) is 0 Å². The third-order valence-electron chi connectivity index (χ3n) is 6.10. The highest BCUT2D eigenvalue weighted by Gasteiger charge is 2.31. The minimum absolute atomic E-state index is 0.216. The van der Waals surface area contributed by atoms with Crippen LogP contribution in [-0.2, 0) is 21.4 Å². The predicted octanol–water partition coefficient (Wildman–Crippen LogP) is 4.00. The van der Waals surface area contributed by atoms with Gasteiger partial charge in [-0.05, 0) is 43.0 Å². The highest BCUT2D eigenvalue weighted by atomic mass is 16.5. The first-order valence-electron chi connectivity index (χ1n) is 10.6. The van der Waals surface area contributed by atoms with Crippen LogP contribution in [0.15, 0.2) is 66.9 Å². The minimum atomic E-state index is -0.893. The van der Waals surface area contributed by atoms with E-state index in [0.29, 0.717) is 18.6 Å². The smallest absolute Gasteiger partial charge is 0.133 e. The number of aliphatic hydroxyl groups is 1. The number of benzene rings is 2. The maximum Gasteiger partial charge on any atom is 0.133 e. The fraction of sp³-hybridized carbons (Fsp3) is 0.423. The predicted molar refractivity (Wildman–Crippen MR) is 124 cm³/mol. The molecule has 5 heteroatoms. The lowest BCUT2D eigenvalue weighted by Gasteiger charge is -2.37. The zero-order valence-electron chi connectivity index (χ0n) is 19.1. The highest BCUT2D eigenvalue weighted by Crippen LogP contribution is 2.27. The number of nitrogens with zero attached hydrogens (tertiary/aromatic N) is 1. The van der Waals surface area contributed by atoms with Gasteiger partial charge in [-0.2, -0.15) is 0 Å². The van der Waals surface area contributed by atoms with E-state index in [4.69, 9.17) is 9.47 Å². The summed E-state index contributed by atoms with van der Waals surface area (Å²) in [5.41, 5.74) is 2.11. The largest absolute Gasteiger partial charge is 0.497 e. The molecule has 0 amide bonds. The van der Waals surface area contributed by atoms with Crippen molar-refractivity contribution >= 4 is 6.29 Å². The number of ether oxygens (including phenoxy) is 2. The number of hydrogen-bond donors (Lipinski definition) is 1. The molecule has 1 fully saturated rings. The first-order chi connectivity index (χ1) is 14.9. The first-order valence-corrected chi connectivity index (χ1v) is 10.6. The summed E-state index contributed by atoms with van der Waals surface area (Å²) in [5, 5.41) is 9.74. The monoisotopic (exact) mass is 425 g/mol. The minimum Gasteiger partial charge on any atom is -0.497 e. The van der Waals surface area contributed by atoms with Crippen molar-refractivity contribution in [3.05, 3.63) is 78.0 Å². The van der Waals surface area contributed by atoms with Gasteiger partial charge in [0.15, 0.2) is 0 Å². The summed E-state index contributed by atoms with van der Waals surface area (Å²) in [6.45, 7) is 5.98. The number of aldehydes is 1. The average Bonchev–Trinajstić information content (AvgIpc) is 2.82. The van der Waals surface area contributed by atoms with Crippen molar-refractivity contribution in [3.8, 4) is 5.75 Å². The van der Waals surface area contributed by atoms with Gasteiger partial charge in [0, 0.05) is 32.3 Å². The Labute approximate surface area is 186 Å². The Balaban J connectivity index is 0.000000262. The maximum absolute atomic E-state index is 11.6. The van der Waals surface area contributed by atoms with Crippen LogP contribution in [-0.4, -0.2) is 56.3 Å². The van der Waals surface area contributed by atoms with Crippen LogP contribution in [0.1, 0.15) is 30.9 Å². The zero-order chi connectivity index (χ0) is 22.9. The standard InChI is InChI=1S/C17H18O3.C9H17NO/c1-20-16-9-7-14(8-10-16)11-17(12-18,13-19)15-5-3-2-4-6-15;1-7-5-9(11-4)6-8(2)10(7)3/h2-10,12,19H,11,13H2,1H3;8-9H,1,5-6H2,2-4H3. The summed E-state index contributed by atoms with van der Waals surface area (Å²) in [7, 11) is 5.48. The first kappa shape index (κ1) is 24.6. The van der Waals surface area contributed by atoms with Crippen LogP contribution < -0.4 is 4.74 Å². The molecule has 3 atom stereocenters. The van der Waals surface area contributed by atoms with Crippen LogP contribution in [0.5, 0.6) is 5.75 Å². The molecule has 0 aromatic heterocycles. The van der Waals surface area contributed by atoms with Gasteiger partial charge in [0.05, 0.1) is 25.2 Å². The fourth-order valence-corrected chi connectivity index (χ4v) is 3.79. The van der Waals surface area contributed by atoms with Gasteiger partial charge in [-0.1, -0.05) is 49.0 Å². The van der Waals surface area contributed by atoms with Crippen LogP contribution in [0.2, 0.25) is 0 Å². The number of rotatable bonds is 7. The van der Waals surface area contributed by atoms with Crippen molar-refractivity contribution in [1.29, 1.82) is 0 Å². The summed E-state index contributed by atoms with van der Waals surface area (Å²) >= 11 is 0. The Kier molecular flexibility index (Phi) is 9.28. The number of carbonyl (C=O) groups is 1. The molecule has 0 bridgehead atoms. The number of methoxy groups -OCH3 is 2. The van der Waals surface area contributed by atoms with Gasteiger partial charge >= 0.3 is 0 Å². The third-order valence-corrected chi connectivity index (χ3v) is 6.10. The van der Waals surface area contributed by atoms with Crippen molar-refractivity contribution in [2.24, 2.45) is 0 Å². The Morgan fingerprint density at radius 2 is 1.81 bits per heavy atom. The third kappa shape index (κ3) is 6.42. The van der Waals surface area contributed by atoms with E-state index < -0.39 is 5.41 Å². The lowest BCUT2D eigenvalue weighted by molar-refractivity contribution is -0.114. The fourth-order valence-electron chi connectivity index (χ4n) is 3.79. The van der Waals surface area contributed by atoms with Crippen molar-refractivity contribution in [1.82, 2.24) is 4.90 Å². The summed E-state index contributed by atoms with van der Waals surface area (Å²) in [5.74, 6) is 0.772. The molecule has 1 aliphatic heterocycles. The van der Waals surface area contributed by atoms with E-state index in [0.717, 1.165) is 36.0 Å². The summed E-state index contributed by atoms with van der Waals surface area (Å²) in [6, 6.07) is 17.5. The molecule has 31 heavy (non-hydrogen) atoms. The van der Waals surface area contributed by atoms with Gasteiger partial charge < -0.3 is 24.3 Å². The molecule has 2 aromatic carbocycles. The molecule has 3 unspecified atom stereocenters. The van der Waals surface area contributed by atoms with Gasteiger partial charge in [0.25, 0.3) is 0 Å². The van der Waals surface area contributed by atoms with Crippen LogP contribution in [0, 0.1) is 0 Å². The average molecular weight is 426 g/mol. The molecule has 0 saturated carbocycles. The lowest BCUT2D eigenvalue weighted by Crippen LogP contribution is -2.38. The Morgan fingerprint density at radius 3 is 2.29 bits per heavy atom. The molecule has 1 N–H and O–H groups in total. The maximum atomic E-state index is 11.6. The van der Waals surface area contributed by atoms with Gasteiger partial charge in [-0.3, -0.25) is 0 Å². The number of carbonyl (C=O) groups excluding carboxylic acids is 1. The molecular weight excluding hydrogens is 390 g/mol. The normalized spacial score (nSPS) is 20.3. The molecule has 3 rings (SSSR count). The SMILES string of the molecule is C=C1CC(OC)CC(C)N1C.COc1ccc(CC(C=O)(CO)c2ccccc2)cc1. The van der Waals surface area contributed by atoms with E-state index in [2.05, 4.69) is 25.5 Å². The molecule has 2 aromatic rings. The topological polar surface area (TPSA) is 59.0 Å². The van der Waals surface area contributed by atoms with Gasteiger partial charge in [0.2, 0.25) is 0 Å². The van der Waals surface area contributed by atoms with Crippen LogP contribution in [0.3, 0.4) is 0 Å². The van der Waals surface area contributed by atoms with E-state index in [1.807, 2.05) is 54.6 Å². The van der Waals surface area contributed by atoms with E-state index in [-0.39, 0.29) is 6.61 Å². The Bertz CT molecular complexity index is 821. The van der Waals surface area contributed by atoms with Crippen LogP contribution in [0.4, 0.5) is 0 Å². The molecule has 1 saturated heterocycles. The molecule has 1 heterocycles. The van der Waals surface area contributed by atoms with E-state index in [1.54, 1.807) is 14.2 Å². The van der Waals surface area contributed by atoms with Gasteiger partial charge in [-0.15, -0.1) is 0 Å². The van der Waals surface area contributed by atoms with E-state index >= 15 is 0 Å². The quantitative estimate of drug-likeness (QED) is 0.680. The number of aliphatic hydroxyl groups excluding tert-OH is 1. The second-order valence-corrected chi connectivity index (χ2v) is 8.15. The molecule has 5 nitrogen and oxygen atoms in total. The summed E-state index contributed by atoms with van der Waals surface area (Å²) in [4.78, 5) is 13.8. The van der Waals surface area contributed by atoms with E-state index in [1.165, 1.54) is 5.70 Å². The van der Waals surface area contributed by atoms with Crippen molar-refractivity contribution in [2.75, 3.05) is 27.9 Å². The second-order valence-electron chi connectivity index (χ2n) is 8.15. The van der Waals surface area contributed by atoms with Crippen molar-refractivity contribution in [2.45, 2.75) is 43.7 Å². The zero-order valence-corrected chi connectivity index (χ0v) is 19.1.